The Hall–Kier alpha value is -3.15. The second-order valence-corrected chi connectivity index (χ2v) is 6.30. The fourth-order valence-corrected chi connectivity index (χ4v) is 2.71. The highest BCUT2D eigenvalue weighted by atomic mass is 19.4. The normalized spacial score (nSPS) is 11.6. The SMILES string of the molecule is O=C(NCC(F)(F)F)Nc1cccc(-c2cnc3cc(CNOCCO)ccn23)c1. The number of aromatic nitrogens is 2. The lowest BCUT2D eigenvalue weighted by atomic mass is 10.1. The van der Waals surface area contributed by atoms with Gasteiger partial charge in [0.1, 0.15) is 12.2 Å². The van der Waals surface area contributed by atoms with Crippen LogP contribution in [0.2, 0.25) is 0 Å². The van der Waals surface area contributed by atoms with Gasteiger partial charge in [-0.15, -0.1) is 0 Å². The maximum Gasteiger partial charge on any atom is 0.405 e. The lowest BCUT2D eigenvalue weighted by Gasteiger charge is -2.11. The van der Waals surface area contributed by atoms with Crippen molar-refractivity contribution < 1.29 is 27.9 Å². The molecule has 0 fully saturated rings. The number of hydrogen-bond donors (Lipinski definition) is 4. The standard InChI is InChI=1S/C19H20F3N5O3/c20-19(21,22)12-24-18(29)26-15-3-1-2-14(9-15)16-11-23-17-8-13(4-5-27(16)17)10-25-30-7-6-28/h1-5,8-9,11,25,28H,6-7,10,12H2,(H2,24,26,29). The van der Waals surface area contributed by atoms with Gasteiger partial charge in [-0.3, -0.25) is 9.24 Å². The maximum atomic E-state index is 12.2. The molecule has 0 unspecified atom stereocenters. The van der Waals surface area contributed by atoms with E-state index in [2.05, 4.69) is 15.8 Å². The number of aliphatic hydroxyl groups is 1. The number of hydroxylamine groups is 1. The number of imidazole rings is 1. The third-order valence-electron chi connectivity index (χ3n) is 4.01. The minimum Gasteiger partial charge on any atom is -0.394 e. The number of aliphatic hydroxyl groups excluding tert-OH is 1. The van der Waals surface area contributed by atoms with Gasteiger partial charge in [-0.2, -0.15) is 18.7 Å². The monoisotopic (exact) mass is 423 g/mol. The number of amides is 2. The van der Waals surface area contributed by atoms with Gasteiger partial charge < -0.3 is 15.7 Å². The first-order valence-electron chi connectivity index (χ1n) is 8.99. The Morgan fingerprint density at radius 2 is 2.07 bits per heavy atom. The van der Waals surface area contributed by atoms with Gasteiger partial charge in [0.15, 0.2) is 0 Å². The second-order valence-electron chi connectivity index (χ2n) is 6.30. The first-order chi connectivity index (χ1) is 14.4. The molecule has 0 radical (unpaired) electrons. The van der Waals surface area contributed by atoms with E-state index < -0.39 is 18.8 Å². The summed E-state index contributed by atoms with van der Waals surface area (Å²) in [5.41, 5.74) is 6.18. The smallest absolute Gasteiger partial charge is 0.394 e. The van der Waals surface area contributed by atoms with E-state index in [0.29, 0.717) is 17.9 Å². The van der Waals surface area contributed by atoms with Crippen molar-refractivity contribution >= 4 is 17.4 Å². The van der Waals surface area contributed by atoms with Crippen LogP contribution in [-0.2, 0) is 11.4 Å². The zero-order valence-electron chi connectivity index (χ0n) is 15.7. The van der Waals surface area contributed by atoms with Crippen molar-refractivity contribution in [2.75, 3.05) is 25.1 Å². The Morgan fingerprint density at radius 1 is 1.23 bits per heavy atom. The van der Waals surface area contributed by atoms with Gasteiger partial charge in [0.25, 0.3) is 0 Å². The number of carbonyl (C=O) groups excluding carboxylic acids is 1. The number of fused-ring (bicyclic) bond motifs is 1. The van der Waals surface area contributed by atoms with E-state index in [1.54, 1.807) is 35.8 Å². The minimum atomic E-state index is -4.48. The Bertz CT molecular complexity index is 1010. The summed E-state index contributed by atoms with van der Waals surface area (Å²) in [5.74, 6) is 0. The second kappa shape index (κ2) is 9.57. The molecule has 3 rings (SSSR count). The molecule has 1 aromatic carbocycles. The molecule has 2 aromatic heterocycles. The van der Waals surface area contributed by atoms with Crippen molar-refractivity contribution in [1.29, 1.82) is 0 Å². The Labute approximate surface area is 169 Å². The van der Waals surface area contributed by atoms with E-state index in [4.69, 9.17) is 9.94 Å². The van der Waals surface area contributed by atoms with E-state index in [0.717, 1.165) is 16.8 Å². The van der Waals surface area contributed by atoms with Gasteiger partial charge >= 0.3 is 12.2 Å². The molecule has 0 saturated carbocycles. The van der Waals surface area contributed by atoms with E-state index in [1.807, 2.05) is 22.7 Å². The average Bonchev–Trinajstić information content (AvgIpc) is 3.13. The first kappa shape index (κ1) is 21.6. The Balaban J connectivity index is 1.71. The number of pyridine rings is 1. The van der Waals surface area contributed by atoms with Crippen molar-refractivity contribution in [3.05, 3.63) is 54.4 Å². The molecule has 0 aliphatic carbocycles. The molecule has 0 spiro atoms. The van der Waals surface area contributed by atoms with Gasteiger partial charge in [0.05, 0.1) is 25.1 Å². The molecule has 0 atom stereocenters. The number of alkyl halides is 3. The molecule has 11 heteroatoms. The van der Waals surface area contributed by atoms with Crippen LogP contribution in [-0.4, -0.2) is 46.5 Å². The molecule has 2 heterocycles. The van der Waals surface area contributed by atoms with Crippen LogP contribution < -0.4 is 16.1 Å². The van der Waals surface area contributed by atoms with Crippen LogP contribution in [0.25, 0.3) is 16.9 Å². The number of hydrogen-bond acceptors (Lipinski definition) is 5. The molecular weight excluding hydrogens is 403 g/mol. The summed E-state index contributed by atoms with van der Waals surface area (Å²) in [6.07, 6.45) is -0.983. The fourth-order valence-electron chi connectivity index (χ4n) is 2.71. The number of carbonyl (C=O) groups is 1. The zero-order valence-corrected chi connectivity index (χ0v) is 15.7. The third-order valence-corrected chi connectivity index (χ3v) is 4.01. The predicted molar refractivity (Wildman–Crippen MR) is 104 cm³/mol. The number of halogens is 3. The van der Waals surface area contributed by atoms with E-state index in [1.165, 1.54) is 0 Å². The number of benzene rings is 1. The lowest BCUT2D eigenvalue weighted by Crippen LogP contribution is -2.36. The van der Waals surface area contributed by atoms with Crippen LogP contribution in [0.15, 0.2) is 48.8 Å². The number of anilines is 1. The molecule has 8 nitrogen and oxygen atoms in total. The topological polar surface area (TPSA) is 99.9 Å². The molecule has 0 aliphatic rings. The predicted octanol–water partition coefficient (Wildman–Crippen LogP) is 2.70. The van der Waals surface area contributed by atoms with Crippen LogP contribution in [0.3, 0.4) is 0 Å². The van der Waals surface area contributed by atoms with Crippen LogP contribution in [0.4, 0.5) is 23.7 Å². The summed E-state index contributed by atoms with van der Waals surface area (Å²) in [6, 6.07) is 9.52. The highest BCUT2D eigenvalue weighted by molar-refractivity contribution is 5.90. The van der Waals surface area contributed by atoms with Crippen molar-refractivity contribution in [2.45, 2.75) is 12.7 Å². The summed E-state index contributed by atoms with van der Waals surface area (Å²) in [5, 5.41) is 12.8. The third kappa shape index (κ3) is 5.92. The number of urea groups is 1. The largest absolute Gasteiger partial charge is 0.405 e. The molecule has 160 valence electrons. The molecule has 0 saturated heterocycles. The van der Waals surface area contributed by atoms with E-state index in [9.17, 15) is 18.0 Å². The number of nitrogens with zero attached hydrogens (tertiary/aromatic N) is 2. The molecule has 3 aromatic rings. The van der Waals surface area contributed by atoms with Crippen LogP contribution >= 0.6 is 0 Å². The summed E-state index contributed by atoms with van der Waals surface area (Å²) in [7, 11) is 0. The fraction of sp³-hybridized carbons (Fsp3) is 0.263. The highest BCUT2D eigenvalue weighted by Crippen LogP contribution is 2.24. The molecule has 2 amide bonds. The van der Waals surface area contributed by atoms with Crippen LogP contribution in [0, 0.1) is 0 Å². The number of rotatable bonds is 8. The van der Waals surface area contributed by atoms with Crippen LogP contribution in [0.1, 0.15) is 5.56 Å². The summed E-state index contributed by atoms with van der Waals surface area (Å²) in [6.45, 7) is -0.860. The van der Waals surface area contributed by atoms with Crippen molar-refractivity contribution in [1.82, 2.24) is 20.2 Å². The first-order valence-corrected chi connectivity index (χ1v) is 8.99. The summed E-state index contributed by atoms with van der Waals surface area (Å²) in [4.78, 5) is 21.1. The summed E-state index contributed by atoms with van der Waals surface area (Å²) < 4.78 is 38.5. The zero-order chi connectivity index (χ0) is 21.6. The molecule has 4 N–H and O–H groups in total. The van der Waals surface area contributed by atoms with Crippen molar-refractivity contribution in [2.24, 2.45) is 0 Å². The summed E-state index contributed by atoms with van der Waals surface area (Å²) >= 11 is 0. The highest BCUT2D eigenvalue weighted by Gasteiger charge is 2.27. The molecule has 0 bridgehead atoms. The van der Waals surface area contributed by atoms with Crippen molar-refractivity contribution in [3.8, 4) is 11.3 Å². The Kier molecular flexibility index (Phi) is 6.87. The number of nitrogens with one attached hydrogen (secondary N) is 3. The van der Waals surface area contributed by atoms with Gasteiger partial charge in [-0.25, -0.2) is 9.78 Å². The van der Waals surface area contributed by atoms with E-state index >= 15 is 0 Å². The van der Waals surface area contributed by atoms with Gasteiger partial charge in [-0.05, 0) is 29.8 Å². The van der Waals surface area contributed by atoms with Crippen LogP contribution in [0.5, 0.6) is 0 Å². The lowest BCUT2D eigenvalue weighted by molar-refractivity contribution is -0.122. The van der Waals surface area contributed by atoms with Gasteiger partial charge in [0, 0.05) is 24.0 Å². The minimum absolute atomic E-state index is 0.0758. The van der Waals surface area contributed by atoms with E-state index in [-0.39, 0.29) is 13.2 Å². The van der Waals surface area contributed by atoms with Crippen molar-refractivity contribution in [3.63, 3.8) is 0 Å². The van der Waals surface area contributed by atoms with Gasteiger partial charge in [-0.1, -0.05) is 12.1 Å². The quantitative estimate of drug-likeness (QED) is 0.330. The average molecular weight is 423 g/mol. The van der Waals surface area contributed by atoms with Gasteiger partial charge in [0.2, 0.25) is 0 Å². The molecular formula is C19H20F3N5O3. The molecule has 30 heavy (non-hydrogen) atoms. The maximum absolute atomic E-state index is 12.2. The molecule has 0 aliphatic heterocycles. The Morgan fingerprint density at radius 3 is 2.83 bits per heavy atom.